The van der Waals surface area contributed by atoms with Crippen molar-refractivity contribution in [2.45, 2.75) is 51.2 Å². The van der Waals surface area contributed by atoms with Gasteiger partial charge in [-0.15, -0.1) is 0 Å². The molecule has 1 aromatic rings. The molecule has 0 aliphatic heterocycles. The fourth-order valence-electron chi connectivity index (χ4n) is 2.29. The summed E-state index contributed by atoms with van der Waals surface area (Å²) in [7, 11) is 1.94. The predicted molar refractivity (Wildman–Crippen MR) is 82.7 cm³/mol. The summed E-state index contributed by atoms with van der Waals surface area (Å²) >= 11 is 0. The lowest BCUT2D eigenvalue weighted by molar-refractivity contribution is 0.0635. The van der Waals surface area contributed by atoms with Crippen molar-refractivity contribution >= 4 is 11.8 Å². The highest BCUT2D eigenvalue weighted by atomic mass is 16.6. The zero-order valence-corrected chi connectivity index (χ0v) is 13.1. The smallest absolute Gasteiger partial charge is 0.412 e. The van der Waals surface area contributed by atoms with Gasteiger partial charge in [0.15, 0.2) is 0 Å². The maximum atomic E-state index is 11.9. The molecule has 0 unspecified atom stereocenters. The minimum Gasteiger partial charge on any atom is -0.508 e. The quantitative estimate of drug-likeness (QED) is 0.746. The van der Waals surface area contributed by atoms with Crippen LogP contribution in [-0.2, 0) is 11.2 Å². The number of carbonyl (C=O) groups is 1. The third kappa shape index (κ3) is 4.36. The fraction of sp³-hybridized carbons (Fsp3) is 0.562. The molecule has 0 heterocycles. The number of ether oxygens (including phenoxy) is 1. The van der Waals surface area contributed by atoms with Gasteiger partial charge in [0, 0.05) is 11.2 Å². The summed E-state index contributed by atoms with van der Waals surface area (Å²) in [5, 5.41) is 15.8. The average Bonchev–Trinajstić information content (AvgIpc) is 3.11. The predicted octanol–water partition coefficient (Wildman–Crippen LogP) is 3.03. The molecule has 1 amide bonds. The van der Waals surface area contributed by atoms with E-state index < -0.39 is 11.7 Å². The first kappa shape index (κ1) is 15.6. The number of benzene rings is 1. The van der Waals surface area contributed by atoms with Gasteiger partial charge in [-0.2, -0.15) is 0 Å². The standard InChI is InChI=1S/C16H24N2O3/c1-15(2,3)21-14(20)18-13-6-5-12(19)9-11(13)10-16(17-4)7-8-16/h5-6,9,17,19H,7-8,10H2,1-4H3,(H,18,20). The number of phenolic OH excluding ortho intramolecular Hbond substituents is 1. The van der Waals surface area contributed by atoms with Gasteiger partial charge in [-0.25, -0.2) is 4.79 Å². The van der Waals surface area contributed by atoms with Crippen LogP contribution in [0.15, 0.2) is 18.2 Å². The monoisotopic (exact) mass is 292 g/mol. The van der Waals surface area contributed by atoms with Gasteiger partial charge in [-0.3, -0.25) is 5.32 Å². The van der Waals surface area contributed by atoms with E-state index in [4.69, 9.17) is 4.74 Å². The number of anilines is 1. The SMILES string of the molecule is CNC1(Cc2cc(O)ccc2NC(=O)OC(C)(C)C)CC1. The minimum absolute atomic E-state index is 0.0954. The van der Waals surface area contributed by atoms with Crippen molar-refractivity contribution < 1.29 is 14.6 Å². The molecule has 1 aliphatic carbocycles. The van der Waals surface area contributed by atoms with Crippen LogP contribution in [0.3, 0.4) is 0 Å². The van der Waals surface area contributed by atoms with Crippen LogP contribution in [0.4, 0.5) is 10.5 Å². The molecule has 1 fully saturated rings. The van der Waals surface area contributed by atoms with Gasteiger partial charge < -0.3 is 15.2 Å². The van der Waals surface area contributed by atoms with E-state index in [1.165, 1.54) is 0 Å². The molecule has 1 saturated carbocycles. The van der Waals surface area contributed by atoms with Crippen molar-refractivity contribution in [3.8, 4) is 5.75 Å². The van der Waals surface area contributed by atoms with E-state index in [9.17, 15) is 9.90 Å². The first-order chi connectivity index (χ1) is 9.73. The van der Waals surface area contributed by atoms with E-state index in [0.717, 1.165) is 24.8 Å². The Morgan fingerprint density at radius 1 is 1.38 bits per heavy atom. The Morgan fingerprint density at radius 2 is 2.05 bits per heavy atom. The zero-order chi connectivity index (χ0) is 15.7. The Bertz CT molecular complexity index is 531. The highest BCUT2D eigenvalue weighted by Gasteiger charge is 2.41. The number of hydrogen-bond acceptors (Lipinski definition) is 4. The van der Waals surface area contributed by atoms with Crippen molar-refractivity contribution in [3.63, 3.8) is 0 Å². The number of likely N-dealkylation sites (N-methyl/N-ethyl adjacent to an activating group) is 1. The summed E-state index contributed by atoms with van der Waals surface area (Å²) in [5.41, 5.74) is 1.15. The summed E-state index contributed by atoms with van der Waals surface area (Å²) in [6.45, 7) is 5.47. The third-order valence-corrected chi connectivity index (χ3v) is 3.64. The second-order valence-electron chi connectivity index (χ2n) is 6.68. The molecule has 5 heteroatoms. The molecule has 0 saturated heterocycles. The van der Waals surface area contributed by atoms with E-state index >= 15 is 0 Å². The van der Waals surface area contributed by atoms with Crippen LogP contribution in [-0.4, -0.2) is 29.4 Å². The lowest BCUT2D eigenvalue weighted by atomic mass is 10.0. The number of rotatable bonds is 4. The highest BCUT2D eigenvalue weighted by molar-refractivity contribution is 5.86. The Morgan fingerprint density at radius 3 is 2.57 bits per heavy atom. The average molecular weight is 292 g/mol. The second-order valence-corrected chi connectivity index (χ2v) is 6.68. The Kier molecular flexibility index (Phi) is 4.14. The molecule has 5 nitrogen and oxygen atoms in total. The zero-order valence-electron chi connectivity index (χ0n) is 13.1. The summed E-state index contributed by atoms with van der Waals surface area (Å²) in [5.74, 6) is 0.201. The molecule has 1 aromatic carbocycles. The van der Waals surface area contributed by atoms with Crippen LogP contribution < -0.4 is 10.6 Å². The van der Waals surface area contributed by atoms with E-state index in [0.29, 0.717) is 5.69 Å². The molecule has 0 aromatic heterocycles. The van der Waals surface area contributed by atoms with Crippen LogP contribution >= 0.6 is 0 Å². The molecule has 0 atom stereocenters. The van der Waals surface area contributed by atoms with Crippen LogP contribution in [0.1, 0.15) is 39.2 Å². The molecule has 1 aliphatic rings. The van der Waals surface area contributed by atoms with Crippen LogP contribution in [0.25, 0.3) is 0 Å². The summed E-state index contributed by atoms with van der Waals surface area (Å²) in [6, 6.07) is 4.97. The van der Waals surface area contributed by atoms with Crippen LogP contribution in [0.2, 0.25) is 0 Å². The van der Waals surface area contributed by atoms with Gasteiger partial charge >= 0.3 is 6.09 Å². The molecular formula is C16H24N2O3. The fourth-order valence-corrected chi connectivity index (χ4v) is 2.29. The number of hydrogen-bond donors (Lipinski definition) is 3. The molecule has 0 radical (unpaired) electrons. The van der Waals surface area contributed by atoms with Gasteiger partial charge in [0.2, 0.25) is 0 Å². The van der Waals surface area contributed by atoms with Crippen molar-refractivity contribution in [1.29, 1.82) is 0 Å². The lowest BCUT2D eigenvalue weighted by Crippen LogP contribution is -2.31. The summed E-state index contributed by atoms with van der Waals surface area (Å²) < 4.78 is 5.27. The van der Waals surface area contributed by atoms with Crippen molar-refractivity contribution in [1.82, 2.24) is 5.32 Å². The number of amides is 1. The van der Waals surface area contributed by atoms with E-state index in [1.54, 1.807) is 18.2 Å². The minimum atomic E-state index is -0.538. The van der Waals surface area contributed by atoms with Crippen molar-refractivity contribution in [2.24, 2.45) is 0 Å². The Labute approximate surface area is 125 Å². The van der Waals surface area contributed by atoms with Crippen LogP contribution in [0.5, 0.6) is 5.75 Å². The maximum Gasteiger partial charge on any atom is 0.412 e. The topological polar surface area (TPSA) is 70.6 Å². The molecule has 2 rings (SSSR count). The number of aromatic hydroxyl groups is 1. The Balaban J connectivity index is 2.13. The lowest BCUT2D eigenvalue weighted by Gasteiger charge is -2.21. The summed E-state index contributed by atoms with van der Waals surface area (Å²) in [6.07, 6.45) is 2.49. The molecule has 0 bridgehead atoms. The first-order valence-electron chi connectivity index (χ1n) is 7.24. The van der Waals surface area contributed by atoms with E-state index in [-0.39, 0.29) is 11.3 Å². The van der Waals surface area contributed by atoms with Gasteiger partial charge in [-0.05, 0) is 70.8 Å². The number of carbonyl (C=O) groups excluding carboxylic acids is 1. The van der Waals surface area contributed by atoms with Crippen LogP contribution in [0, 0.1) is 0 Å². The Hall–Kier alpha value is -1.75. The molecule has 116 valence electrons. The third-order valence-electron chi connectivity index (χ3n) is 3.64. The van der Waals surface area contributed by atoms with Crippen molar-refractivity contribution in [2.75, 3.05) is 12.4 Å². The molecular weight excluding hydrogens is 268 g/mol. The normalized spacial score (nSPS) is 16.4. The first-order valence-corrected chi connectivity index (χ1v) is 7.24. The number of nitrogens with one attached hydrogen (secondary N) is 2. The van der Waals surface area contributed by atoms with Gasteiger partial charge in [0.1, 0.15) is 11.4 Å². The van der Waals surface area contributed by atoms with Gasteiger partial charge in [0.05, 0.1) is 0 Å². The van der Waals surface area contributed by atoms with Crippen molar-refractivity contribution in [3.05, 3.63) is 23.8 Å². The van der Waals surface area contributed by atoms with E-state index in [1.807, 2.05) is 27.8 Å². The molecule has 3 N–H and O–H groups in total. The number of phenols is 1. The van der Waals surface area contributed by atoms with E-state index in [2.05, 4.69) is 10.6 Å². The molecule has 0 spiro atoms. The second kappa shape index (κ2) is 5.56. The largest absolute Gasteiger partial charge is 0.508 e. The van der Waals surface area contributed by atoms with Gasteiger partial charge in [-0.1, -0.05) is 0 Å². The maximum absolute atomic E-state index is 11.9. The highest BCUT2D eigenvalue weighted by Crippen LogP contribution is 2.40. The molecule has 21 heavy (non-hydrogen) atoms. The van der Waals surface area contributed by atoms with Gasteiger partial charge in [0.25, 0.3) is 0 Å². The summed E-state index contributed by atoms with van der Waals surface area (Å²) in [4.78, 5) is 11.9.